The summed E-state index contributed by atoms with van der Waals surface area (Å²) in [6, 6.07) is 11.6. The van der Waals surface area contributed by atoms with E-state index in [-0.39, 0.29) is 5.69 Å². The number of imidazole rings is 1. The monoisotopic (exact) mass is 305 g/mol. The van der Waals surface area contributed by atoms with E-state index in [2.05, 4.69) is 10.3 Å². The standard InChI is InChI=1S/C14H12ClN3OS/c15-13-6-5-12(20-13)9-17-10-1-3-11(4-2-10)18-8-7-16-14(18)19/h1-8,17H,9H2,(H,16,19). The maximum absolute atomic E-state index is 11.5. The van der Waals surface area contributed by atoms with Crippen molar-refractivity contribution in [3.63, 3.8) is 0 Å². The summed E-state index contributed by atoms with van der Waals surface area (Å²) in [5, 5.41) is 3.32. The first-order valence-electron chi connectivity index (χ1n) is 6.07. The van der Waals surface area contributed by atoms with E-state index in [1.165, 1.54) is 4.88 Å². The highest BCUT2D eigenvalue weighted by Gasteiger charge is 2.01. The van der Waals surface area contributed by atoms with E-state index >= 15 is 0 Å². The van der Waals surface area contributed by atoms with Crippen LogP contribution in [0.2, 0.25) is 4.34 Å². The number of H-pyrrole nitrogens is 1. The zero-order valence-corrected chi connectivity index (χ0v) is 12.0. The summed E-state index contributed by atoms with van der Waals surface area (Å²) >= 11 is 7.45. The molecule has 2 N–H and O–H groups in total. The molecule has 102 valence electrons. The molecule has 20 heavy (non-hydrogen) atoms. The van der Waals surface area contributed by atoms with Crippen LogP contribution in [0.25, 0.3) is 5.69 Å². The number of aromatic nitrogens is 2. The predicted molar refractivity (Wildman–Crippen MR) is 83.0 cm³/mol. The van der Waals surface area contributed by atoms with Gasteiger partial charge >= 0.3 is 5.69 Å². The third-order valence-corrected chi connectivity index (χ3v) is 4.12. The van der Waals surface area contributed by atoms with Crippen molar-refractivity contribution in [1.82, 2.24) is 9.55 Å². The van der Waals surface area contributed by atoms with Gasteiger partial charge in [-0.2, -0.15) is 0 Å². The average Bonchev–Trinajstić information content (AvgIpc) is 3.06. The van der Waals surface area contributed by atoms with Gasteiger partial charge in [-0.3, -0.25) is 4.57 Å². The summed E-state index contributed by atoms with van der Waals surface area (Å²) < 4.78 is 2.35. The summed E-state index contributed by atoms with van der Waals surface area (Å²) in [5.74, 6) is 0. The number of hydrogen-bond acceptors (Lipinski definition) is 3. The highest BCUT2D eigenvalue weighted by molar-refractivity contribution is 7.16. The number of aromatic amines is 1. The molecular weight excluding hydrogens is 294 g/mol. The smallest absolute Gasteiger partial charge is 0.330 e. The Hall–Kier alpha value is -1.98. The van der Waals surface area contributed by atoms with Gasteiger partial charge in [0.15, 0.2) is 0 Å². The first-order chi connectivity index (χ1) is 9.72. The third-order valence-electron chi connectivity index (χ3n) is 2.89. The summed E-state index contributed by atoms with van der Waals surface area (Å²) in [4.78, 5) is 15.3. The lowest BCUT2D eigenvalue weighted by Crippen LogP contribution is -2.13. The molecule has 0 unspecified atom stereocenters. The number of halogens is 1. The number of nitrogens with zero attached hydrogens (tertiary/aromatic N) is 1. The molecule has 0 aliphatic rings. The fraction of sp³-hybridized carbons (Fsp3) is 0.0714. The van der Waals surface area contributed by atoms with Gasteiger partial charge in [0.05, 0.1) is 10.0 Å². The SMILES string of the molecule is O=c1[nH]ccn1-c1ccc(NCc2ccc(Cl)s2)cc1. The summed E-state index contributed by atoms with van der Waals surface area (Å²) in [5.41, 5.74) is 1.70. The van der Waals surface area contributed by atoms with Crippen molar-refractivity contribution in [2.45, 2.75) is 6.54 Å². The quantitative estimate of drug-likeness (QED) is 0.775. The van der Waals surface area contributed by atoms with Gasteiger partial charge in [-0.25, -0.2) is 4.79 Å². The largest absolute Gasteiger partial charge is 0.380 e. The Balaban J connectivity index is 1.70. The molecule has 0 atom stereocenters. The van der Waals surface area contributed by atoms with Crippen molar-refractivity contribution < 1.29 is 0 Å². The number of thiophene rings is 1. The predicted octanol–water partition coefficient (Wildman–Crippen LogP) is 3.49. The van der Waals surface area contributed by atoms with Crippen LogP contribution < -0.4 is 11.0 Å². The van der Waals surface area contributed by atoms with Crippen molar-refractivity contribution in [3.8, 4) is 5.69 Å². The maximum Gasteiger partial charge on any atom is 0.330 e. The van der Waals surface area contributed by atoms with E-state index in [0.717, 1.165) is 22.3 Å². The second kappa shape index (κ2) is 5.56. The van der Waals surface area contributed by atoms with Crippen LogP contribution in [0.4, 0.5) is 5.69 Å². The van der Waals surface area contributed by atoms with Crippen molar-refractivity contribution in [1.29, 1.82) is 0 Å². The first kappa shape index (κ1) is 13.0. The number of hydrogen-bond donors (Lipinski definition) is 2. The van der Waals surface area contributed by atoms with E-state index < -0.39 is 0 Å². The van der Waals surface area contributed by atoms with E-state index in [0.29, 0.717) is 0 Å². The van der Waals surface area contributed by atoms with Gasteiger partial charge in [0.1, 0.15) is 0 Å². The Morgan fingerprint density at radius 1 is 1.20 bits per heavy atom. The minimum Gasteiger partial charge on any atom is -0.380 e. The van der Waals surface area contributed by atoms with Gasteiger partial charge in [-0.05, 0) is 36.4 Å². The molecule has 0 aliphatic carbocycles. The van der Waals surface area contributed by atoms with Gasteiger partial charge in [-0.1, -0.05) is 11.6 Å². The molecule has 0 radical (unpaired) electrons. The topological polar surface area (TPSA) is 49.8 Å². The fourth-order valence-electron chi connectivity index (χ4n) is 1.90. The van der Waals surface area contributed by atoms with Crippen LogP contribution in [0.1, 0.15) is 4.88 Å². The van der Waals surface area contributed by atoms with Gasteiger partial charge in [-0.15, -0.1) is 11.3 Å². The minimum atomic E-state index is -0.140. The zero-order chi connectivity index (χ0) is 13.9. The van der Waals surface area contributed by atoms with Crippen molar-refractivity contribution in [2.75, 3.05) is 5.32 Å². The fourth-order valence-corrected chi connectivity index (χ4v) is 2.93. The lowest BCUT2D eigenvalue weighted by molar-refractivity contribution is 0.987. The van der Waals surface area contributed by atoms with Crippen LogP contribution in [0.5, 0.6) is 0 Å². The molecule has 0 saturated carbocycles. The number of anilines is 1. The molecule has 0 bridgehead atoms. The van der Waals surface area contributed by atoms with E-state index in [1.54, 1.807) is 28.3 Å². The average molecular weight is 306 g/mol. The molecule has 2 aromatic heterocycles. The lowest BCUT2D eigenvalue weighted by Gasteiger charge is -2.06. The second-order valence-corrected chi connectivity index (χ2v) is 6.04. The Morgan fingerprint density at radius 2 is 2.00 bits per heavy atom. The molecule has 0 amide bonds. The van der Waals surface area contributed by atoms with Gasteiger partial charge in [0.2, 0.25) is 0 Å². The summed E-state index contributed by atoms with van der Waals surface area (Å²) in [7, 11) is 0. The van der Waals surface area contributed by atoms with Gasteiger partial charge in [0, 0.05) is 29.5 Å². The van der Waals surface area contributed by atoms with E-state index in [4.69, 9.17) is 11.6 Å². The maximum atomic E-state index is 11.5. The Bertz CT molecular complexity index is 757. The highest BCUT2D eigenvalue weighted by Crippen LogP contribution is 2.22. The van der Waals surface area contributed by atoms with Crippen LogP contribution in [0, 0.1) is 0 Å². The summed E-state index contributed by atoms with van der Waals surface area (Å²) in [6.45, 7) is 0.737. The molecule has 6 heteroatoms. The summed E-state index contributed by atoms with van der Waals surface area (Å²) in [6.07, 6.45) is 3.33. The van der Waals surface area contributed by atoms with Crippen LogP contribution in [-0.4, -0.2) is 9.55 Å². The molecule has 0 fully saturated rings. The molecule has 3 rings (SSSR count). The lowest BCUT2D eigenvalue weighted by atomic mass is 10.2. The third kappa shape index (κ3) is 2.79. The van der Waals surface area contributed by atoms with Crippen LogP contribution in [-0.2, 0) is 6.54 Å². The van der Waals surface area contributed by atoms with Crippen molar-refractivity contribution in [2.24, 2.45) is 0 Å². The Labute approximate surface area is 124 Å². The normalized spacial score (nSPS) is 10.7. The Kier molecular flexibility index (Phi) is 3.62. The van der Waals surface area contributed by atoms with Gasteiger partial charge < -0.3 is 10.3 Å². The molecule has 2 heterocycles. The molecule has 4 nitrogen and oxygen atoms in total. The molecular formula is C14H12ClN3OS. The van der Waals surface area contributed by atoms with Crippen LogP contribution in [0.3, 0.4) is 0 Å². The number of nitrogens with one attached hydrogen (secondary N) is 2. The van der Waals surface area contributed by atoms with Crippen LogP contribution >= 0.6 is 22.9 Å². The molecule has 0 saturated heterocycles. The second-order valence-electron chi connectivity index (χ2n) is 4.24. The van der Waals surface area contributed by atoms with Crippen molar-refractivity contribution >= 4 is 28.6 Å². The molecule has 0 aliphatic heterocycles. The highest BCUT2D eigenvalue weighted by atomic mass is 35.5. The zero-order valence-electron chi connectivity index (χ0n) is 10.5. The van der Waals surface area contributed by atoms with Crippen LogP contribution in [0.15, 0.2) is 53.6 Å². The number of benzene rings is 1. The molecule has 1 aromatic carbocycles. The molecule has 0 spiro atoms. The Morgan fingerprint density at radius 3 is 2.60 bits per heavy atom. The number of rotatable bonds is 4. The van der Waals surface area contributed by atoms with Crippen molar-refractivity contribution in [3.05, 3.63) is 68.5 Å². The van der Waals surface area contributed by atoms with Gasteiger partial charge in [0.25, 0.3) is 0 Å². The first-order valence-corrected chi connectivity index (χ1v) is 7.26. The van der Waals surface area contributed by atoms with E-state index in [1.807, 2.05) is 36.4 Å². The van der Waals surface area contributed by atoms with E-state index in [9.17, 15) is 4.79 Å². The minimum absolute atomic E-state index is 0.140. The molecule has 3 aromatic rings.